The van der Waals surface area contributed by atoms with E-state index in [-0.39, 0.29) is 4.46 Å². The molecular weight excluding hydrogens is 401 g/mol. The van der Waals surface area contributed by atoms with Gasteiger partial charge in [-0.3, -0.25) is 0 Å². The molecule has 0 amide bonds. The van der Waals surface area contributed by atoms with Crippen molar-refractivity contribution in [1.82, 2.24) is 4.98 Å². The number of aromatic amines is 1. The number of hydrogen-bond donors (Lipinski definition) is 1. The fourth-order valence-electron chi connectivity index (χ4n) is 2.64. The summed E-state index contributed by atoms with van der Waals surface area (Å²) in [4.78, 5) is 4.34. The zero-order valence-electron chi connectivity index (χ0n) is 14.6. The van der Waals surface area contributed by atoms with Crippen molar-refractivity contribution in [3.63, 3.8) is 0 Å². The average molecular weight is 420 g/mol. The van der Waals surface area contributed by atoms with Gasteiger partial charge in [0.2, 0.25) is 0 Å². The molecule has 0 atom stereocenters. The van der Waals surface area contributed by atoms with Gasteiger partial charge in [-0.1, -0.05) is 0 Å². The van der Waals surface area contributed by atoms with E-state index in [1.807, 2.05) is 30.5 Å². The van der Waals surface area contributed by atoms with Crippen LogP contribution in [0.15, 0.2) is 47.6 Å². The molecule has 26 heavy (non-hydrogen) atoms. The van der Waals surface area contributed by atoms with Crippen molar-refractivity contribution in [2.75, 3.05) is 21.3 Å². The minimum atomic E-state index is -4.55. The first-order valence-corrected chi connectivity index (χ1v) is 11.0. The molecule has 0 aliphatic heterocycles. The molecule has 1 heterocycles. The number of hydrogen-bond acceptors (Lipinski definition) is 5. The van der Waals surface area contributed by atoms with Gasteiger partial charge in [0, 0.05) is 0 Å². The van der Waals surface area contributed by atoms with Crippen LogP contribution < -0.4 is 18.7 Å². The topological polar surface area (TPSA) is 77.6 Å². The maximum atomic E-state index is 12.8. The van der Waals surface area contributed by atoms with Crippen LogP contribution in [0.3, 0.4) is 0 Å². The predicted molar refractivity (Wildman–Crippen MR) is 100 cm³/mol. The molecule has 1 aromatic heterocycles. The molecule has 0 radical (unpaired) electrons. The third kappa shape index (κ3) is 3.45. The molecule has 0 aliphatic rings. The quantitative estimate of drug-likeness (QED) is 0.621. The van der Waals surface area contributed by atoms with Gasteiger partial charge in [-0.2, -0.15) is 0 Å². The second-order valence-corrected chi connectivity index (χ2v) is 9.38. The van der Waals surface area contributed by atoms with Crippen LogP contribution >= 0.6 is 0 Å². The number of nitrogens with one attached hydrogen (secondary N) is 1. The molecule has 2 aromatic carbocycles. The molecule has 1 N–H and O–H groups in total. The third-order valence-corrected chi connectivity index (χ3v) is 6.89. The van der Waals surface area contributed by atoms with E-state index >= 15 is 0 Å². The maximum absolute atomic E-state index is 12.8. The van der Waals surface area contributed by atoms with Gasteiger partial charge in [-0.05, 0) is 0 Å². The first kappa shape index (κ1) is 18.0. The van der Waals surface area contributed by atoms with Crippen molar-refractivity contribution >= 4 is 34.1 Å². The molecule has 0 saturated carbocycles. The molecule has 3 rings (SSSR count). The molecule has 6 nitrogen and oxygen atoms in total. The van der Waals surface area contributed by atoms with E-state index < -0.39 is 12.7 Å². The van der Waals surface area contributed by atoms with Gasteiger partial charge >= 0.3 is 153 Å². The Labute approximate surface area is 153 Å². The summed E-state index contributed by atoms with van der Waals surface area (Å²) >= 11 is -4.55. The Kier molecular flexibility index (Phi) is 5.02. The summed E-state index contributed by atoms with van der Waals surface area (Å²) in [5.74, 6) is 0.961. The molecule has 0 unspecified atom stereocenters. The molecule has 0 aliphatic carbocycles. The number of rotatable bonds is 6. The van der Waals surface area contributed by atoms with E-state index in [1.54, 1.807) is 6.08 Å². The third-order valence-electron chi connectivity index (χ3n) is 3.98. The van der Waals surface area contributed by atoms with Gasteiger partial charge < -0.3 is 0 Å². The van der Waals surface area contributed by atoms with E-state index in [0.29, 0.717) is 17.2 Å². The summed E-state index contributed by atoms with van der Waals surface area (Å²) in [5.41, 5.74) is 1.80. The molecule has 7 heteroatoms. The SMILES string of the molecule is COc1cc([Se](=O)(=O)/C=C/c2ccc3[nH]ccc3c2)cc(OC)c1OC. The summed E-state index contributed by atoms with van der Waals surface area (Å²) in [5, 5.41) is 1.02. The summed E-state index contributed by atoms with van der Waals surface area (Å²) in [6.45, 7) is 0. The minimum absolute atomic E-state index is 0.134. The normalized spacial score (nSPS) is 11.8. The van der Waals surface area contributed by atoms with E-state index in [1.165, 1.54) is 38.4 Å². The van der Waals surface area contributed by atoms with Crippen LogP contribution in [0.25, 0.3) is 17.0 Å². The predicted octanol–water partition coefficient (Wildman–Crippen LogP) is 2.96. The Morgan fingerprint density at radius 3 is 2.23 bits per heavy atom. The summed E-state index contributed by atoms with van der Waals surface area (Å²) in [7, 11) is 4.37. The zero-order chi connectivity index (χ0) is 18.7. The van der Waals surface area contributed by atoms with Crippen molar-refractivity contribution in [1.29, 1.82) is 0 Å². The fraction of sp³-hybridized carbons (Fsp3) is 0.158. The number of ether oxygens (including phenoxy) is 3. The number of aromatic nitrogens is 1. The van der Waals surface area contributed by atoms with Crippen molar-refractivity contribution in [3.8, 4) is 17.2 Å². The van der Waals surface area contributed by atoms with E-state index in [4.69, 9.17) is 14.2 Å². The van der Waals surface area contributed by atoms with Crippen LogP contribution in [0.4, 0.5) is 0 Å². The van der Waals surface area contributed by atoms with Crippen LogP contribution in [0.5, 0.6) is 17.2 Å². The van der Waals surface area contributed by atoms with Gasteiger partial charge in [0.25, 0.3) is 0 Å². The number of methoxy groups -OCH3 is 3. The molecule has 3 aromatic rings. The van der Waals surface area contributed by atoms with Crippen LogP contribution in [0.1, 0.15) is 5.56 Å². The van der Waals surface area contributed by atoms with Crippen molar-refractivity contribution in [2.24, 2.45) is 0 Å². The van der Waals surface area contributed by atoms with Gasteiger partial charge in [-0.15, -0.1) is 0 Å². The molecule has 0 saturated heterocycles. The van der Waals surface area contributed by atoms with Crippen LogP contribution in [0, 0.1) is 0 Å². The number of H-pyrrole nitrogens is 1. The first-order chi connectivity index (χ1) is 12.5. The second kappa shape index (κ2) is 7.23. The van der Waals surface area contributed by atoms with Crippen LogP contribution in [-0.2, 0) is 7.67 Å². The van der Waals surface area contributed by atoms with Gasteiger partial charge in [0.1, 0.15) is 0 Å². The monoisotopic (exact) mass is 421 g/mol. The standard InChI is InChI=1S/C19H19NO5Se/c1-23-17-11-15(12-18(24-2)19(17)25-3)26(21,22)9-7-13-4-5-16-14(10-13)6-8-20-16/h4-12,20H,1-3H3/b9-7+. The molecule has 0 spiro atoms. The molecule has 0 fully saturated rings. The summed E-state index contributed by atoms with van der Waals surface area (Å²) in [6.07, 6.45) is 3.44. The average Bonchev–Trinajstić information content (AvgIpc) is 3.12. The van der Waals surface area contributed by atoms with E-state index in [9.17, 15) is 7.67 Å². The molecule has 136 valence electrons. The fourth-order valence-corrected chi connectivity index (χ4v) is 4.82. The Balaban J connectivity index is 1.99. The van der Waals surface area contributed by atoms with Crippen molar-refractivity contribution in [3.05, 3.63) is 53.1 Å². The number of benzene rings is 2. The Hall–Kier alpha value is -2.76. The van der Waals surface area contributed by atoms with Gasteiger partial charge in [-0.25, -0.2) is 0 Å². The molecule has 0 bridgehead atoms. The van der Waals surface area contributed by atoms with Crippen molar-refractivity contribution < 1.29 is 21.9 Å². The molecular formula is C19H19NO5Se. The zero-order valence-corrected chi connectivity index (χ0v) is 16.4. The van der Waals surface area contributed by atoms with Crippen LogP contribution in [0.2, 0.25) is 0 Å². The number of fused-ring (bicyclic) bond motifs is 1. The Bertz CT molecular complexity index is 1040. The first-order valence-electron chi connectivity index (χ1n) is 7.79. The van der Waals surface area contributed by atoms with Crippen LogP contribution in [-0.4, -0.2) is 39.0 Å². The van der Waals surface area contributed by atoms with E-state index in [2.05, 4.69) is 4.98 Å². The summed E-state index contributed by atoms with van der Waals surface area (Å²) < 4.78 is 41.4. The van der Waals surface area contributed by atoms with Gasteiger partial charge in [0.15, 0.2) is 0 Å². The van der Waals surface area contributed by atoms with Crippen molar-refractivity contribution in [2.45, 2.75) is 0 Å². The van der Waals surface area contributed by atoms with E-state index in [0.717, 1.165) is 16.5 Å². The Morgan fingerprint density at radius 1 is 0.923 bits per heavy atom. The van der Waals surface area contributed by atoms with Gasteiger partial charge in [0.05, 0.1) is 0 Å². The Morgan fingerprint density at radius 2 is 1.62 bits per heavy atom. The second-order valence-electron chi connectivity index (χ2n) is 5.53. The summed E-state index contributed by atoms with van der Waals surface area (Å²) in [6, 6.07) is 10.5.